The van der Waals surface area contributed by atoms with Gasteiger partial charge in [-0.15, -0.1) is 0 Å². The number of fused-ring (bicyclic) bond motifs is 1. The highest BCUT2D eigenvalue weighted by Crippen LogP contribution is 2.24. The van der Waals surface area contributed by atoms with Crippen LogP contribution in [-0.2, 0) is 11.2 Å². The first-order valence-electron chi connectivity index (χ1n) is 6.95. The minimum absolute atomic E-state index is 0.340. The molecule has 5 nitrogen and oxygen atoms in total. The fraction of sp³-hybridized carbons (Fsp3) is 0.467. The third-order valence-corrected chi connectivity index (χ3v) is 4.05. The van der Waals surface area contributed by atoms with Crippen molar-refractivity contribution >= 4 is 17.6 Å². The van der Waals surface area contributed by atoms with Gasteiger partial charge >= 0.3 is 5.97 Å². The Morgan fingerprint density at radius 2 is 2.05 bits per heavy atom. The lowest BCUT2D eigenvalue weighted by Crippen LogP contribution is -2.53. The van der Waals surface area contributed by atoms with Crippen LogP contribution in [0.2, 0.25) is 0 Å². The van der Waals surface area contributed by atoms with E-state index in [9.17, 15) is 14.7 Å². The summed E-state index contributed by atoms with van der Waals surface area (Å²) in [5.41, 5.74) is 1.46. The van der Waals surface area contributed by atoms with Crippen LogP contribution < -0.4 is 10.6 Å². The van der Waals surface area contributed by atoms with Crippen LogP contribution in [0.15, 0.2) is 18.2 Å². The molecule has 1 heterocycles. The van der Waals surface area contributed by atoms with Crippen molar-refractivity contribution in [3.05, 3.63) is 29.3 Å². The van der Waals surface area contributed by atoms with E-state index in [0.717, 1.165) is 18.7 Å². The molecule has 1 aromatic rings. The number of amides is 1. The van der Waals surface area contributed by atoms with Crippen LogP contribution in [0.5, 0.6) is 0 Å². The number of hydrogen-bond donors (Lipinski definition) is 3. The van der Waals surface area contributed by atoms with Gasteiger partial charge in [0.15, 0.2) is 0 Å². The predicted molar refractivity (Wildman–Crippen MR) is 77.1 cm³/mol. The second-order valence-corrected chi connectivity index (χ2v) is 5.10. The van der Waals surface area contributed by atoms with Crippen molar-refractivity contribution in [3.63, 3.8) is 0 Å². The summed E-state index contributed by atoms with van der Waals surface area (Å²) in [5.74, 6) is -1.33. The van der Waals surface area contributed by atoms with E-state index in [4.69, 9.17) is 0 Å². The third-order valence-electron chi connectivity index (χ3n) is 4.05. The van der Waals surface area contributed by atoms with Gasteiger partial charge in [-0.2, -0.15) is 0 Å². The predicted octanol–water partition coefficient (Wildman–Crippen LogP) is 2.03. The summed E-state index contributed by atoms with van der Waals surface area (Å²) in [6, 6.07) is 5.46. The molecule has 1 aliphatic rings. The summed E-state index contributed by atoms with van der Waals surface area (Å²) >= 11 is 0. The highest BCUT2D eigenvalue weighted by atomic mass is 16.4. The second-order valence-electron chi connectivity index (χ2n) is 5.10. The van der Waals surface area contributed by atoms with Crippen molar-refractivity contribution in [2.45, 2.75) is 38.6 Å². The summed E-state index contributed by atoms with van der Waals surface area (Å²) in [4.78, 5) is 23.7. The number of aliphatic carboxylic acids is 1. The molecule has 0 saturated carbocycles. The number of carbonyl (C=O) groups excluding carboxylic acids is 1. The van der Waals surface area contributed by atoms with Gasteiger partial charge < -0.3 is 15.7 Å². The van der Waals surface area contributed by atoms with Gasteiger partial charge in [-0.1, -0.05) is 19.9 Å². The highest BCUT2D eigenvalue weighted by molar-refractivity contribution is 5.98. The quantitative estimate of drug-likeness (QED) is 0.769. The summed E-state index contributed by atoms with van der Waals surface area (Å²) in [6.45, 7) is 4.41. The molecule has 0 bridgehead atoms. The lowest BCUT2D eigenvalue weighted by molar-refractivity contribution is -0.144. The molecule has 0 fully saturated rings. The lowest BCUT2D eigenvalue weighted by atomic mass is 9.92. The molecular weight excluding hydrogens is 256 g/mol. The van der Waals surface area contributed by atoms with E-state index < -0.39 is 11.5 Å². The minimum atomic E-state index is -1.19. The maximum Gasteiger partial charge on any atom is 0.329 e. The van der Waals surface area contributed by atoms with Crippen LogP contribution >= 0.6 is 0 Å². The topological polar surface area (TPSA) is 78.4 Å². The van der Waals surface area contributed by atoms with E-state index in [1.807, 2.05) is 6.07 Å². The maximum atomic E-state index is 12.3. The zero-order valence-electron chi connectivity index (χ0n) is 11.8. The molecule has 20 heavy (non-hydrogen) atoms. The average molecular weight is 276 g/mol. The molecular formula is C15H20N2O3. The van der Waals surface area contributed by atoms with E-state index in [1.54, 1.807) is 26.0 Å². The van der Waals surface area contributed by atoms with Gasteiger partial charge in [-0.25, -0.2) is 4.79 Å². The summed E-state index contributed by atoms with van der Waals surface area (Å²) in [6.07, 6.45) is 1.67. The Labute approximate surface area is 118 Å². The molecule has 0 aliphatic carbocycles. The Bertz CT molecular complexity index is 536. The number of nitrogens with one attached hydrogen (secondary N) is 2. The van der Waals surface area contributed by atoms with Crippen molar-refractivity contribution in [1.82, 2.24) is 5.32 Å². The Morgan fingerprint density at radius 3 is 2.65 bits per heavy atom. The number of carboxylic acids is 1. The molecule has 1 aliphatic heterocycles. The molecule has 0 spiro atoms. The van der Waals surface area contributed by atoms with Gasteiger partial charge in [-0.3, -0.25) is 4.79 Å². The number of benzene rings is 1. The molecule has 5 heteroatoms. The average Bonchev–Trinajstić information content (AvgIpc) is 2.91. The summed E-state index contributed by atoms with van der Waals surface area (Å²) in [7, 11) is 0. The van der Waals surface area contributed by atoms with Crippen LogP contribution in [0.4, 0.5) is 5.69 Å². The van der Waals surface area contributed by atoms with Gasteiger partial charge in [0.05, 0.1) is 0 Å². The lowest BCUT2D eigenvalue weighted by Gasteiger charge is -2.28. The highest BCUT2D eigenvalue weighted by Gasteiger charge is 2.36. The molecule has 0 aromatic heterocycles. The van der Waals surface area contributed by atoms with Crippen molar-refractivity contribution in [2.75, 3.05) is 11.9 Å². The summed E-state index contributed by atoms with van der Waals surface area (Å²) < 4.78 is 0. The first-order chi connectivity index (χ1) is 9.52. The van der Waals surface area contributed by atoms with Gasteiger partial charge in [0.1, 0.15) is 5.54 Å². The van der Waals surface area contributed by atoms with Gasteiger partial charge in [0.25, 0.3) is 5.91 Å². The van der Waals surface area contributed by atoms with E-state index in [0.29, 0.717) is 18.4 Å². The number of rotatable bonds is 5. The molecule has 3 N–H and O–H groups in total. The van der Waals surface area contributed by atoms with Crippen LogP contribution in [0.1, 0.15) is 42.6 Å². The van der Waals surface area contributed by atoms with Crippen molar-refractivity contribution in [1.29, 1.82) is 0 Å². The maximum absolute atomic E-state index is 12.3. The van der Waals surface area contributed by atoms with E-state index in [2.05, 4.69) is 10.6 Å². The molecule has 1 aromatic carbocycles. The fourth-order valence-electron chi connectivity index (χ4n) is 2.50. The molecule has 0 radical (unpaired) electrons. The number of hydrogen-bond acceptors (Lipinski definition) is 3. The second kappa shape index (κ2) is 5.53. The van der Waals surface area contributed by atoms with Gasteiger partial charge in [0.2, 0.25) is 0 Å². The first-order valence-corrected chi connectivity index (χ1v) is 6.95. The molecule has 0 saturated heterocycles. The summed E-state index contributed by atoms with van der Waals surface area (Å²) in [5, 5.41) is 15.2. The zero-order valence-corrected chi connectivity index (χ0v) is 11.8. The van der Waals surface area contributed by atoms with E-state index >= 15 is 0 Å². The number of carbonyl (C=O) groups is 2. The van der Waals surface area contributed by atoms with Crippen LogP contribution in [0, 0.1) is 0 Å². The number of carboxylic acid groups (broad SMARTS) is 1. The zero-order chi connectivity index (χ0) is 14.8. The third kappa shape index (κ3) is 2.48. The van der Waals surface area contributed by atoms with Crippen molar-refractivity contribution in [2.24, 2.45) is 0 Å². The monoisotopic (exact) mass is 276 g/mol. The van der Waals surface area contributed by atoms with Crippen LogP contribution in [-0.4, -0.2) is 29.1 Å². The molecule has 1 amide bonds. The van der Waals surface area contributed by atoms with Gasteiger partial charge in [-0.05, 0) is 37.0 Å². The van der Waals surface area contributed by atoms with Crippen molar-refractivity contribution < 1.29 is 14.7 Å². The van der Waals surface area contributed by atoms with E-state index in [1.165, 1.54) is 5.56 Å². The molecule has 0 atom stereocenters. The Balaban J connectivity index is 2.21. The van der Waals surface area contributed by atoms with E-state index in [-0.39, 0.29) is 5.91 Å². The SMILES string of the molecule is CCC(CC)(NC(=O)c1ccc2c(c1)NCC2)C(=O)O. The number of anilines is 1. The Kier molecular flexibility index (Phi) is 3.97. The Morgan fingerprint density at radius 1 is 1.35 bits per heavy atom. The molecule has 108 valence electrons. The fourth-order valence-corrected chi connectivity index (χ4v) is 2.50. The first kappa shape index (κ1) is 14.4. The molecule has 0 unspecified atom stereocenters. The minimum Gasteiger partial charge on any atom is -0.480 e. The smallest absolute Gasteiger partial charge is 0.329 e. The Hall–Kier alpha value is -2.04. The van der Waals surface area contributed by atoms with Crippen LogP contribution in [0.3, 0.4) is 0 Å². The van der Waals surface area contributed by atoms with Crippen molar-refractivity contribution in [3.8, 4) is 0 Å². The molecule has 2 rings (SSSR count). The normalized spacial score (nSPS) is 13.5. The van der Waals surface area contributed by atoms with Gasteiger partial charge in [0, 0.05) is 17.8 Å². The standard InChI is InChI=1S/C15H20N2O3/c1-3-15(4-2,14(19)20)17-13(18)11-6-5-10-7-8-16-12(10)9-11/h5-6,9,16H,3-4,7-8H2,1-2H3,(H,17,18)(H,19,20). The largest absolute Gasteiger partial charge is 0.480 e. The van der Waals surface area contributed by atoms with Crippen LogP contribution in [0.25, 0.3) is 0 Å².